The summed E-state index contributed by atoms with van der Waals surface area (Å²) in [5.74, 6) is -0.210. The molecule has 0 aromatic heterocycles. The lowest BCUT2D eigenvalue weighted by atomic mass is 9.86. The van der Waals surface area contributed by atoms with Crippen LogP contribution in [0.15, 0.2) is 35.9 Å². The van der Waals surface area contributed by atoms with Gasteiger partial charge in [0.05, 0.1) is 7.11 Å². The zero-order valence-electron chi connectivity index (χ0n) is 15.8. The second-order valence-electron chi connectivity index (χ2n) is 7.61. The topological polar surface area (TPSA) is 46.6 Å². The van der Waals surface area contributed by atoms with E-state index in [1.54, 1.807) is 0 Å². The second kappa shape index (κ2) is 8.32. The van der Waals surface area contributed by atoms with E-state index in [9.17, 15) is 9.59 Å². The van der Waals surface area contributed by atoms with Gasteiger partial charge < -0.3 is 9.64 Å². The lowest BCUT2D eigenvalue weighted by Gasteiger charge is -2.19. The molecule has 4 nitrogen and oxygen atoms in total. The Morgan fingerprint density at radius 1 is 1.16 bits per heavy atom. The minimum absolute atomic E-state index is 0.0620. The first-order valence-electron chi connectivity index (χ1n) is 8.96. The Labute approximate surface area is 150 Å². The quantitative estimate of drug-likeness (QED) is 0.710. The van der Waals surface area contributed by atoms with E-state index < -0.39 is 0 Å². The summed E-state index contributed by atoms with van der Waals surface area (Å²) < 4.78 is 4.62. The molecule has 0 aliphatic carbocycles. The highest BCUT2D eigenvalue weighted by Gasteiger charge is 2.23. The number of ether oxygens (including phenoxy) is 1. The molecule has 0 saturated carbocycles. The summed E-state index contributed by atoms with van der Waals surface area (Å²) in [7, 11) is 1.37. The van der Waals surface area contributed by atoms with Crippen LogP contribution in [-0.4, -0.2) is 37.0 Å². The summed E-state index contributed by atoms with van der Waals surface area (Å²) >= 11 is 0. The van der Waals surface area contributed by atoms with Gasteiger partial charge in [-0.3, -0.25) is 9.59 Å². The van der Waals surface area contributed by atoms with Gasteiger partial charge in [-0.15, -0.1) is 0 Å². The summed E-state index contributed by atoms with van der Waals surface area (Å²) in [5, 5.41) is 0. The van der Waals surface area contributed by atoms with Gasteiger partial charge in [-0.05, 0) is 35.8 Å². The van der Waals surface area contributed by atoms with Crippen molar-refractivity contribution in [1.82, 2.24) is 4.90 Å². The van der Waals surface area contributed by atoms with Crippen LogP contribution < -0.4 is 0 Å². The minimum Gasteiger partial charge on any atom is -0.469 e. The smallest absolute Gasteiger partial charge is 0.305 e. The van der Waals surface area contributed by atoms with Crippen molar-refractivity contribution in [2.24, 2.45) is 0 Å². The van der Waals surface area contributed by atoms with Crippen molar-refractivity contribution >= 4 is 11.9 Å². The van der Waals surface area contributed by atoms with Crippen LogP contribution in [0, 0.1) is 0 Å². The van der Waals surface area contributed by atoms with Crippen molar-refractivity contribution in [3.8, 4) is 0 Å². The first-order chi connectivity index (χ1) is 11.8. The Morgan fingerprint density at radius 2 is 1.84 bits per heavy atom. The number of rotatable bonds is 7. The molecule has 1 aromatic carbocycles. The molecule has 0 atom stereocenters. The molecular weight excluding hydrogens is 314 g/mol. The molecule has 1 heterocycles. The normalized spacial score (nSPS) is 14.6. The molecule has 0 N–H and O–H groups in total. The molecule has 0 saturated heterocycles. The fourth-order valence-corrected chi connectivity index (χ4v) is 2.98. The Bertz CT molecular complexity index is 638. The minimum atomic E-state index is -0.272. The molecule has 2 rings (SSSR count). The van der Waals surface area contributed by atoms with Gasteiger partial charge in [0.15, 0.2) is 0 Å². The number of carbonyl (C=O) groups is 2. The van der Waals surface area contributed by atoms with Gasteiger partial charge in [-0.2, -0.15) is 0 Å². The molecule has 1 aromatic rings. The number of carbonyl (C=O) groups excluding carboxylic acids is 2. The lowest BCUT2D eigenvalue weighted by Crippen LogP contribution is -2.28. The number of benzene rings is 1. The zero-order valence-corrected chi connectivity index (χ0v) is 15.8. The third-order valence-electron chi connectivity index (χ3n) is 4.66. The highest BCUT2D eigenvalue weighted by Crippen LogP contribution is 2.23. The maximum Gasteiger partial charge on any atom is 0.305 e. The van der Waals surface area contributed by atoms with Gasteiger partial charge in [0.25, 0.3) is 0 Å². The van der Waals surface area contributed by atoms with Gasteiger partial charge in [0.2, 0.25) is 5.91 Å². The second-order valence-corrected chi connectivity index (χ2v) is 7.61. The summed E-state index contributed by atoms with van der Waals surface area (Å²) in [5.41, 5.74) is 3.55. The molecule has 1 amide bonds. The highest BCUT2D eigenvalue weighted by atomic mass is 16.5. The van der Waals surface area contributed by atoms with E-state index >= 15 is 0 Å². The molecule has 1 aliphatic rings. The SMILES string of the molecule is COC(=O)CCC1=CCN(CCCc2ccc(C(C)(C)C)cc2)C1=O. The van der Waals surface area contributed by atoms with Crippen LogP contribution >= 0.6 is 0 Å². The molecule has 4 heteroatoms. The van der Waals surface area contributed by atoms with Crippen molar-refractivity contribution in [2.45, 2.75) is 51.9 Å². The maximum absolute atomic E-state index is 12.3. The molecule has 0 radical (unpaired) electrons. The van der Waals surface area contributed by atoms with Gasteiger partial charge in [0.1, 0.15) is 0 Å². The predicted octanol–water partition coefficient (Wildman–Crippen LogP) is 3.64. The number of amides is 1. The van der Waals surface area contributed by atoms with E-state index in [0.717, 1.165) is 25.0 Å². The number of nitrogens with zero attached hydrogens (tertiary/aromatic N) is 1. The van der Waals surface area contributed by atoms with Crippen molar-refractivity contribution in [3.63, 3.8) is 0 Å². The Kier molecular flexibility index (Phi) is 6.40. The van der Waals surface area contributed by atoms with Crippen LogP contribution in [0.1, 0.15) is 51.2 Å². The van der Waals surface area contributed by atoms with Gasteiger partial charge >= 0.3 is 5.97 Å². The molecule has 0 spiro atoms. The van der Waals surface area contributed by atoms with E-state index in [4.69, 9.17) is 0 Å². The van der Waals surface area contributed by atoms with Crippen LogP contribution in [0.25, 0.3) is 0 Å². The van der Waals surface area contributed by atoms with Crippen LogP contribution in [0.2, 0.25) is 0 Å². The Balaban J connectivity index is 1.76. The predicted molar refractivity (Wildman–Crippen MR) is 99.4 cm³/mol. The van der Waals surface area contributed by atoms with Crippen molar-refractivity contribution < 1.29 is 14.3 Å². The van der Waals surface area contributed by atoms with Gasteiger partial charge in [-0.25, -0.2) is 0 Å². The van der Waals surface area contributed by atoms with Crippen molar-refractivity contribution in [1.29, 1.82) is 0 Å². The first kappa shape index (κ1) is 19.2. The van der Waals surface area contributed by atoms with Crippen molar-refractivity contribution in [3.05, 3.63) is 47.0 Å². The summed E-state index contributed by atoms with van der Waals surface area (Å²) in [6.45, 7) is 8.04. The lowest BCUT2D eigenvalue weighted by molar-refractivity contribution is -0.140. The summed E-state index contributed by atoms with van der Waals surface area (Å²) in [4.78, 5) is 25.4. The first-order valence-corrected chi connectivity index (χ1v) is 8.96. The standard InChI is InChI=1S/C21H29NO3/c1-21(2,3)18-10-7-16(8-11-18)6-5-14-22-15-13-17(20(22)24)9-12-19(23)25-4/h7-8,10-11,13H,5-6,9,12,14-15H2,1-4H3. The van der Waals surface area contributed by atoms with E-state index in [-0.39, 0.29) is 23.7 Å². The number of hydrogen-bond acceptors (Lipinski definition) is 3. The number of aryl methyl sites for hydroxylation is 1. The van der Waals surface area contributed by atoms with Crippen LogP contribution in [0.5, 0.6) is 0 Å². The Morgan fingerprint density at radius 3 is 2.44 bits per heavy atom. The van der Waals surface area contributed by atoms with Gasteiger partial charge in [-0.1, -0.05) is 51.1 Å². The summed E-state index contributed by atoms with van der Waals surface area (Å²) in [6, 6.07) is 8.77. The maximum atomic E-state index is 12.3. The molecule has 0 fully saturated rings. The van der Waals surface area contributed by atoms with Crippen molar-refractivity contribution in [2.75, 3.05) is 20.2 Å². The van der Waals surface area contributed by atoms with Crippen LogP contribution in [-0.2, 0) is 26.2 Å². The number of methoxy groups -OCH3 is 1. The average Bonchev–Trinajstić information content (AvgIpc) is 2.92. The Hall–Kier alpha value is -2.10. The fourth-order valence-electron chi connectivity index (χ4n) is 2.98. The van der Waals surface area contributed by atoms with Crippen LogP contribution in [0.3, 0.4) is 0 Å². The van der Waals surface area contributed by atoms with Crippen LogP contribution in [0.4, 0.5) is 0 Å². The van der Waals surface area contributed by atoms with E-state index in [1.807, 2.05) is 11.0 Å². The molecule has 136 valence electrons. The molecule has 25 heavy (non-hydrogen) atoms. The fraction of sp³-hybridized carbons (Fsp3) is 0.524. The van der Waals surface area contributed by atoms with Gasteiger partial charge in [0, 0.05) is 25.1 Å². The highest BCUT2D eigenvalue weighted by molar-refractivity contribution is 5.96. The summed E-state index contributed by atoms with van der Waals surface area (Å²) in [6.07, 6.45) is 4.58. The monoisotopic (exact) mass is 343 g/mol. The molecule has 0 unspecified atom stereocenters. The van der Waals surface area contributed by atoms with E-state index in [1.165, 1.54) is 18.2 Å². The zero-order chi connectivity index (χ0) is 18.4. The third kappa shape index (κ3) is 5.45. The van der Waals surface area contributed by atoms with E-state index in [0.29, 0.717) is 13.0 Å². The van der Waals surface area contributed by atoms with E-state index in [2.05, 4.69) is 49.8 Å². The number of esters is 1. The third-order valence-corrected chi connectivity index (χ3v) is 4.66. The molecule has 1 aliphatic heterocycles. The molecular formula is C21H29NO3. The largest absolute Gasteiger partial charge is 0.469 e. The molecule has 0 bridgehead atoms. The average molecular weight is 343 g/mol. The number of hydrogen-bond donors (Lipinski definition) is 0.